The van der Waals surface area contributed by atoms with Crippen LogP contribution in [0.4, 0.5) is 0 Å². The third-order valence-corrected chi connectivity index (χ3v) is 3.64. The Labute approximate surface area is 120 Å². The number of halogens is 1. The molecule has 0 N–H and O–H groups in total. The summed E-state index contributed by atoms with van der Waals surface area (Å²) in [5, 5.41) is 0. The van der Waals surface area contributed by atoms with E-state index in [1.165, 1.54) is 11.1 Å². The molecule has 104 valence electrons. The third-order valence-electron chi connectivity index (χ3n) is 3.45. The fourth-order valence-electron chi connectivity index (χ4n) is 2.38. The van der Waals surface area contributed by atoms with Crippen LogP contribution in [0.1, 0.15) is 38.6 Å². The minimum atomic E-state index is 0.331. The van der Waals surface area contributed by atoms with E-state index < -0.39 is 0 Å². The van der Waals surface area contributed by atoms with Crippen LogP contribution in [0, 0.1) is 12.3 Å². The topological polar surface area (TPSA) is 17.8 Å². The van der Waals surface area contributed by atoms with E-state index in [1.54, 1.807) is 0 Å². The van der Waals surface area contributed by atoms with Crippen LogP contribution in [-0.2, 0) is 13.0 Å². The van der Waals surface area contributed by atoms with Crippen LogP contribution in [0.2, 0.25) is 0 Å². The summed E-state index contributed by atoms with van der Waals surface area (Å²) in [4.78, 5) is 4.74. The summed E-state index contributed by atoms with van der Waals surface area (Å²) in [6, 6.07) is 6.32. The van der Waals surface area contributed by atoms with Gasteiger partial charge < -0.3 is 4.57 Å². The van der Waals surface area contributed by atoms with Crippen LogP contribution in [0.3, 0.4) is 0 Å². The molecule has 0 amide bonds. The lowest BCUT2D eigenvalue weighted by Crippen LogP contribution is -2.13. The largest absolute Gasteiger partial charge is 0.328 e. The molecule has 1 aromatic carbocycles. The second-order valence-corrected chi connectivity index (χ2v) is 6.75. The van der Waals surface area contributed by atoms with Crippen molar-refractivity contribution in [3.05, 3.63) is 29.6 Å². The predicted molar refractivity (Wildman–Crippen MR) is 83.0 cm³/mol. The van der Waals surface area contributed by atoms with Crippen molar-refractivity contribution in [2.24, 2.45) is 5.41 Å². The second kappa shape index (κ2) is 5.54. The van der Waals surface area contributed by atoms with Crippen molar-refractivity contribution < 1.29 is 0 Å². The molecule has 0 aliphatic heterocycles. The van der Waals surface area contributed by atoms with Crippen molar-refractivity contribution >= 4 is 22.6 Å². The number of hydrogen-bond acceptors (Lipinski definition) is 1. The van der Waals surface area contributed by atoms with Gasteiger partial charge in [0, 0.05) is 18.8 Å². The lowest BCUT2D eigenvalue weighted by molar-refractivity contribution is 0.350. The highest BCUT2D eigenvalue weighted by molar-refractivity contribution is 6.17. The Kier molecular flexibility index (Phi) is 4.19. The van der Waals surface area contributed by atoms with Crippen LogP contribution >= 0.6 is 11.6 Å². The van der Waals surface area contributed by atoms with E-state index in [-0.39, 0.29) is 0 Å². The summed E-state index contributed by atoms with van der Waals surface area (Å²) in [7, 11) is 0. The molecule has 0 saturated heterocycles. The SMILES string of the molecule is Cc1cccc2nc(CCCl)n(CCC(C)(C)C)c12. The molecule has 0 radical (unpaired) electrons. The molecule has 0 unspecified atom stereocenters. The molecule has 0 aliphatic rings. The van der Waals surface area contributed by atoms with Crippen molar-refractivity contribution in [3.8, 4) is 0 Å². The standard InChI is InChI=1S/C16H23ClN2/c1-12-6-5-7-13-15(12)19(11-9-16(2,3)4)14(18-13)8-10-17/h5-7H,8-11H2,1-4H3. The summed E-state index contributed by atoms with van der Waals surface area (Å²) in [5.74, 6) is 1.74. The number of para-hydroxylation sites is 1. The number of aromatic nitrogens is 2. The summed E-state index contributed by atoms with van der Waals surface area (Å²) in [6.45, 7) is 10.00. The number of hydrogen-bond donors (Lipinski definition) is 0. The number of imidazole rings is 1. The molecule has 0 spiro atoms. The average Bonchev–Trinajstić information content (AvgIpc) is 2.65. The zero-order valence-electron chi connectivity index (χ0n) is 12.3. The number of alkyl halides is 1. The quantitative estimate of drug-likeness (QED) is 0.750. The summed E-state index contributed by atoms with van der Waals surface area (Å²) in [6.07, 6.45) is 1.97. The Hall–Kier alpha value is -1.02. The summed E-state index contributed by atoms with van der Waals surface area (Å²) < 4.78 is 2.36. The molecule has 19 heavy (non-hydrogen) atoms. The van der Waals surface area contributed by atoms with Crippen LogP contribution in [0.25, 0.3) is 11.0 Å². The Bertz CT molecular complexity index is 564. The van der Waals surface area contributed by atoms with E-state index in [9.17, 15) is 0 Å². The molecule has 1 heterocycles. The van der Waals surface area contributed by atoms with Crippen LogP contribution in [-0.4, -0.2) is 15.4 Å². The van der Waals surface area contributed by atoms with Gasteiger partial charge in [-0.3, -0.25) is 0 Å². The van der Waals surface area contributed by atoms with E-state index in [0.29, 0.717) is 11.3 Å². The number of benzene rings is 1. The smallest absolute Gasteiger partial charge is 0.111 e. The van der Waals surface area contributed by atoms with E-state index >= 15 is 0 Å². The molecular formula is C16H23ClN2. The first kappa shape index (κ1) is 14.4. The van der Waals surface area contributed by atoms with Gasteiger partial charge in [0.25, 0.3) is 0 Å². The summed E-state index contributed by atoms with van der Waals surface area (Å²) >= 11 is 5.91. The fraction of sp³-hybridized carbons (Fsp3) is 0.562. The molecule has 0 bridgehead atoms. The maximum Gasteiger partial charge on any atom is 0.111 e. The second-order valence-electron chi connectivity index (χ2n) is 6.37. The molecule has 3 heteroatoms. The van der Waals surface area contributed by atoms with Gasteiger partial charge in [0.1, 0.15) is 5.82 Å². The van der Waals surface area contributed by atoms with Gasteiger partial charge in [0.05, 0.1) is 11.0 Å². The Morgan fingerprint density at radius 1 is 1.26 bits per heavy atom. The lowest BCUT2D eigenvalue weighted by atomic mass is 9.92. The molecule has 2 aromatic rings. The molecule has 0 saturated carbocycles. The Balaban J connectivity index is 2.45. The highest BCUT2D eigenvalue weighted by Crippen LogP contribution is 2.25. The van der Waals surface area contributed by atoms with Crippen LogP contribution in [0.15, 0.2) is 18.2 Å². The van der Waals surface area contributed by atoms with Crippen LogP contribution < -0.4 is 0 Å². The Morgan fingerprint density at radius 2 is 2.00 bits per heavy atom. The number of aryl methyl sites for hydroxylation is 3. The van der Waals surface area contributed by atoms with Crippen LogP contribution in [0.5, 0.6) is 0 Å². The lowest BCUT2D eigenvalue weighted by Gasteiger charge is -2.20. The van der Waals surface area contributed by atoms with E-state index in [1.807, 2.05) is 0 Å². The normalized spacial score (nSPS) is 12.3. The van der Waals surface area contributed by atoms with Gasteiger partial charge in [0.2, 0.25) is 0 Å². The average molecular weight is 279 g/mol. The van der Waals surface area contributed by atoms with Gasteiger partial charge in [-0.1, -0.05) is 32.9 Å². The van der Waals surface area contributed by atoms with Crippen molar-refractivity contribution in [1.82, 2.24) is 9.55 Å². The zero-order valence-corrected chi connectivity index (χ0v) is 13.1. The molecule has 0 fully saturated rings. The highest BCUT2D eigenvalue weighted by atomic mass is 35.5. The molecule has 2 rings (SSSR count). The first-order valence-corrected chi connectivity index (χ1v) is 7.46. The molecule has 1 aromatic heterocycles. The van der Waals surface area contributed by atoms with Crippen molar-refractivity contribution in [2.45, 2.75) is 47.1 Å². The molecule has 2 nitrogen and oxygen atoms in total. The van der Waals surface area contributed by atoms with E-state index in [4.69, 9.17) is 16.6 Å². The van der Waals surface area contributed by atoms with Crippen molar-refractivity contribution in [2.75, 3.05) is 5.88 Å². The highest BCUT2D eigenvalue weighted by Gasteiger charge is 2.15. The number of nitrogens with zero attached hydrogens (tertiary/aromatic N) is 2. The fourth-order valence-corrected chi connectivity index (χ4v) is 2.55. The summed E-state index contributed by atoms with van der Waals surface area (Å²) in [5.41, 5.74) is 3.98. The number of rotatable bonds is 4. The predicted octanol–water partition coefficient (Wildman–Crippen LogP) is 4.56. The third kappa shape index (κ3) is 3.30. The van der Waals surface area contributed by atoms with Gasteiger partial charge in [-0.2, -0.15) is 0 Å². The van der Waals surface area contributed by atoms with Gasteiger partial charge in [-0.15, -0.1) is 11.6 Å². The van der Waals surface area contributed by atoms with Crippen molar-refractivity contribution in [1.29, 1.82) is 0 Å². The molecule has 0 aliphatic carbocycles. The van der Waals surface area contributed by atoms with Gasteiger partial charge in [0.15, 0.2) is 0 Å². The van der Waals surface area contributed by atoms with Gasteiger partial charge in [-0.05, 0) is 30.4 Å². The minimum absolute atomic E-state index is 0.331. The maximum atomic E-state index is 5.91. The van der Waals surface area contributed by atoms with E-state index in [0.717, 1.165) is 30.7 Å². The Morgan fingerprint density at radius 3 is 2.63 bits per heavy atom. The monoisotopic (exact) mass is 278 g/mol. The first-order chi connectivity index (χ1) is 8.92. The minimum Gasteiger partial charge on any atom is -0.328 e. The van der Waals surface area contributed by atoms with E-state index in [2.05, 4.69) is 50.5 Å². The molecule has 0 atom stereocenters. The van der Waals surface area contributed by atoms with Gasteiger partial charge >= 0.3 is 0 Å². The van der Waals surface area contributed by atoms with Gasteiger partial charge in [-0.25, -0.2) is 4.98 Å². The molecular weight excluding hydrogens is 256 g/mol. The van der Waals surface area contributed by atoms with Crippen molar-refractivity contribution in [3.63, 3.8) is 0 Å². The maximum absolute atomic E-state index is 5.91. The first-order valence-electron chi connectivity index (χ1n) is 6.93. The number of fused-ring (bicyclic) bond motifs is 1. The zero-order chi connectivity index (χ0) is 14.0.